The summed E-state index contributed by atoms with van der Waals surface area (Å²) in [7, 11) is 0. The Kier molecular flexibility index (Phi) is 9.54. The van der Waals surface area contributed by atoms with E-state index >= 15 is 0 Å². The molecule has 5 N–H and O–H groups in total. The molecule has 1 rings (SSSR count). The van der Waals surface area contributed by atoms with Crippen LogP contribution >= 0.6 is 0 Å². The molecule has 0 unspecified atom stereocenters. The van der Waals surface area contributed by atoms with E-state index in [0.29, 0.717) is 0 Å². The monoisotopic (exact) mass is 395 g/mol. The van der Waals surface area contributed by atoms with E-state index in [-0.39, 0.29) is 46.3 Å². The Balaban J connectivity index is 0. The average molecular weight is 394 g/mol. The van der Waals surface area contributed by atoms with Gasteiger partial charge in [-0.05, 0) is 0 Å². The minimum absolute atomic E-state index is 0. The predicted octanol–water partition coefficient (Wildman–Crippen LogP) is -4.14. The molecule has 0 spiro atoms. The van der Waals surface area contributed by atoms with Crippen LogP contribution in [0.15, 0.2) is 0 Å². The van der Waals surface area contributed by atoms with Crippen LogP contribution in [0.4, 0.5) is 0 Å². The molecule has 8 heteroatoms. The van der Waals surface area contributed by atoms with Gasteiger partial charge in [0.05, 0.1) is 6.61 Å². The molecule has 0 bridgehead atoms. The normalized spacial score (nSPS) is 42.2. The molecule has 0 aliphatic carbocycles. The van der Waals surface area contributed by atoms with Crippen molar-refractivity contribution < 1.29 is 52.6 Å². The summed E-state index contributed by atoms with van der Waals surface area (Å²) in [6.45, 7) is -0.526. The second-order valence-corrected chi connectivity index (χ2v) is 2.72. The van der Waals surface area contributed by atoms with Gasteiger partial charge in [-0.3, -0.25) is 0 Å². The number of aliphatic hydroxyl groups excluding tert-OH is 5. The Morgan fingerprint density at radius 3 is 1.86 bits per heavy atom. The summed E-state index contributed by atoms with van der Waals surface area (Å²) in [6.07, 6.45) is -7.04. The number of rotatable bonds is 1. The van der Waals surface area contributed by atoms with Gasteiger partial charge in [-0.25, -0.2) is 0 Å². The first-order valence-electron chi connectivity index (χ1n) is 3.56. The first-order valence-corrected chi connectivity index (χ1v) is 3.56. The molecular weight excluding hydrogens is 380 g/mol. The first-order chi connectivity index (χ1) is 5.57. The first kappa shape index (κ1) is 17.7. The van der Waals surface area contributed by atoms with E-state index in [4.69, 9.17) is 25.5 Å². The number of ether oxygens (including phenoxy) is 1. The van der Waals surface area contributed by atoms with Gasteiger partial charge in [0.15, 0.2) is 6.29 Å². The van der Waals surface area contributed by atoms with Crippen molar-refractivity contribution in [1.29, 1.82) is 0 Å². The van der Waals surface area contributed by atoms with Gasteiger partial charge in [-0.15, -0.1) is 0 Å². The van der Waals surface area contributed by atoms with Gasteiger partial charge in [-0.1, -0.05) is 0 Å². The molecule has 0 aromatic heterocycles. The van der Waals surface area contributed by atoms with Crippen molar-refractivity contribution in [2.75, 3.05) is 6.61 Å². The van der Waals surface area contributed by atoms with E-state index in [1.807, 2.05) is 0 Å². The number of hydrogen-bond acceptors (Lipinski definition) is 6. The Hall–Kier alpha value is 1.30. The summed E-state index contributed by atoms with van der Waals surface area (Å²) >= 11 is 0. The summed E-state index contributed by atoms with van der Waals surface area (Å²) in [5.74, 6) is 0. The Bertz CT molecular complexity index is 157. The fourth-order valence-corrected chi connectivity index (χ4v) is 1.08. The summed E-state index contributed by atoms with van der Waals surface area (Å²) in [5.41, 5.74) is 0. The van der Waals surface area contributed by atoms with Crippen molar-refractivity contribution in [2.45, 2.75) is 30.7 Å². The van der Waals surface area contributed by atoms with Crippen LogP contribution in [0, 0.1) is 0 Å². The van der Waals surface area contributed by atoms with Gasteiger partial charge in [-0.2, -0.15) is 0 Å². The maximum absolute atomic E-state index is 9.12. The van der Waals surface area contributed by atoms with E-state index in [1.54, 1.807) is 0 Å². The van der Waals surface area contributed by atoms with Crippen molar-refractivity contribution in [2.24, 2.45) is 0 Å². The molecule has 0 saturated carbocycles. The molecule has 1 aliphatic heterocycles. The van der Waals surface area contributed by atoms with Crippen LogP contribution < -0.4 is 0 Å². The van der Waals surface area contributed by atoms with Gasteiger partial charge in [0, 0.05) is 22.4 Å². The van der Waals surface area contributed by atoms with Crippen molar-refractivity contribution in [1.82, 2.24) is 0 Å². The number of aliphatic hydroxyl groups is 5. The summed E-state index contributed by atoms with van der Waals surface area (Å²) in [5, 5.41) is 44.7. The van der Waals surface area contributed by atoms with E-state index < -0.39 is 37.3 Å². The van der Waals surface area contributed by atoms with Crippen LogP contribution in [0.2, 0.25) is 0 Å². The molecule has 1 heterocycles. The predicted molar refractivity (Wildman–Crippen MR) is 44.5 cm³/mol. The Morgan fingerprint density at radius 2 is 1.43 bits per heavy atom. The topological polar surface area (TPSA) is 110 Å². The fourth-order valence-electron chi connectivity index (χ4n) is 1.08. The molecule has 83 valence electrons. The van der Waals surface area contributed by atoms with Gasteiger partial charge >= 0.3 is 23.9 Å². The number of hydrogen-bond donors (Lipinski definition) is 5. The van der Waals surface area contributed by atoms with Crippen LogP contribution in [0.3, 0.4) is 0 Å². The zero-order chi connectivity index (χ0) is 9.30. The van der Waals surface area contributed by atoms with Crippen LogP contribution in [0.1, 0.15) is 0 Å². The molecular formula is C6H14NbO6Sn. The molecule has 1 fully saturated rings. The Morgan fingerprint density at radius 1 is 0.929 bits per heavy atom. The molecule has 0 aromatic rings. The van der Waals surface area contributed by atoms with E-state index in [2.05, 4.69) is 4.74 Å². The third kappa shape index (κ3) is 3.71. The molecule has 1 aliphatic rings. The van der Waals surface area contributed by atoms with E-state index in [1.165, 1.54) is 0 Å². The summed E-state index contributed by atoms with van der Waals surface area (Å²) in [6, 6.07) is 0. The van der Waals surface area contributed by atoms with Crippen molar-refractivity contribution >= 4 is 23.9 Å². The third-order valence-electron chi connectivity index (χ3n) is 1.87. The molecule has 0 aromatic carbocycles. The van der Waals surface area contributed by atoms with Gasteiger partial charge in [0.1, 0.15) is 24.4 Å². The molecule has 6 nitrogen and oxygen atoms in total. The van der Waals surface area contributed by atoms with Crippen LogP contribution in [-0.2, 0) is 27.1 Å². The third-order valence-corrected chi connectivity index (χ3v) is 1.87. The summed E-state index contributed by atoms with van der Waals surface area (Å²) in [4.78, 5) is 0. The van der Waals surface area contributed by atoms with Crippen molar-refractivity contribution in [3.05, 3.63) is 0 Å². The van der Waals surface area contributed by atoms with Gasteiger partial charge in [0.2, 0.25) is 0 Å². The molecule has 5 atom stereocenters. The fraction of sp³-hybridized carbons (Fsp3) is 1.00. The zero-order valence-corrected chi connectivity index (χ0v) is 13.6. The van der Waals surface area contributed by atoms with Crippen LogP contribution in [-0.4, -0.2) is 86.8 Å². The Labute approximate surface area is 113 Å². The van der Waals surface area contributed by atoms with Crippen LogP contribution in [0.25, 0.3) is 0 Å². The zero-order valence-electron chi connectivity index (χ0n) is 7.39. The maximum atomic E-state index is 9.12. The van der Waals surface area contributed by atoms with E-state index in [0.717, 1.165) is 0 Å². The average Bonchev–Trinajstić information content (AvgIpc) is 2.08. The van der Waals surface area contributed by atoms with Crippen molar-refractivity contribution in [3.8, 4) is 0 Å². The quantitative estimate of drug-likeness (QED) is 0.289. The standard InChI is InChI=1S/C6H12O6.Nb.Sn.2H/c7-1-2-3(8)4(9)5(10)6(11)12-2;;;;/h2-11H,1H2;;;;/t2-,3-,4+,5-,6-;;;;/m1..../s1. The molecule has 14 heavy (non-hydrogen) atoms. The van der Waals surface area contributed by atoms with E-state index in [9.17, 15) is 0 Å². The van der Waals surface area contributed by atoms with Gasteiger partial charge < -0.3 is 30.3 Å². The van der Waals surface area contributed by atoms with Crippen molar-refractivity contribution in [3.63, 3.8) is 0 Å². The summed E-state index contributed by atoms with van der Waals surface area (Å²) < 4.78 is 4.58. The van der Waals surface area contributed by atoms with Crippen LogP contribution in [0.5, 0.6) is 0 Å². The van der Waals surface area contributed by atoms with Gasteiger partial charge in [0.25, 0.3) is 0 Å². The second-order valence-electron chi connectivity index (χ2n) is 2.72. The molecule has 1 saturated heterocycles. The molecule has 3 radical (unpaired) electrons. The second kappa shape index (κ2) is 7.55. The molecule has 0 amide bonds. The SMILES string of the molecule is OC[C@H]1O[C@@H](O)[C@H](O)[C@@H](O)[C@@H]1O.[Nb].[SnH2]. The minimum atomic E-state index is -1.57.